The number of amides is 2. The van der Waals surface area contributed by atoms with Crippen molar-refractivity contribution in [2.24, 2.45) is 7.05 Å². The Bertz CT molecular complexity index is 1230. The van der Waals surface area contributed by atoms with Gasteiger partial charge in [-0.3, -0.25) is 9.59 Å². The number of anilines is 1. The highest BCUT2D eigenvalue weighted by Crippen LogP contribution is 2.35. The number of halogens is 4. The summed E-state index contributed by atoms with van der Waals surface area (Å²) in [6.07, 6.45) is -1.41. The minimum absolute atomic E-state index is 0.0699. The van der Waals surface area contributed by atoms with Crippen LogP contribution in [0.25, 0.3) is 0 Å². The van der Waals surface area contributed by atoms with Crippen molar-refractivity contribution >= 4 is 40.6 Å². The molecule has 2 amide bonds. The van der Waals surface area contributed by atoms with Crippen LogP contribution >= 0.6 is 22.9 Å². The van der Waals surface area contributed by atoms with Gasteiger partial charge in [0.15, 0.2) is 0 Å². The molecule has 0 aliphatic carbocycles. The highest BCUT2D eigenvalue weighted by atomic mass is 35.5. The maximum Gasteiger partial charge on any atom is 0.418 e. The molecule has 0 fully saturated rings. The molecule has 9 nitrogen and oxygen atoms in total. The summed E-state index contributed by atoms with van der Waals surface area (Å²) < 4.78 is 40.2. The number of nitrogens with zero attached hydrogens (tertiary/aromatic N) is 5. The molecule has 0 saturated carbocycles. The van der Waals surface area contributed by atoms with Crippen LogP contribution in [0.3, 0.4) is 0 Å². The highest BCUT2D eigenvalue weighted by Gasteiger charge is 2.34. The van der Waals surface area contributed by atoms with Gasteiger partial charge in [0.2, 0.25) is 5.82 Å². The van der Waals surface area contributed by atoms with Crippen LogP contribution < -0.4 is 10.6 Å². The van der Waals surface area contributed by atoms with E-state index in [0.29, 0.717) is 11.1 Å². The number of rotatable bonds is 5. The topological polar surface area (TPSA) is 126 Å². The summed E-state index contributed by atoms with van der Waals surface area (Å²) in [5.74, 6) is -1.48. The lowest BCUT2D eigenvalue weighted by molar-refractivity contribution is -0.137. The third-order valence-electron chi connectivity index (χ3n) is 4.19. The van der Waals surface area contributed by atoms with Crippen LogP contribution in [0.15, 0.2) is 24.7 Å². The van der Waals surface area contributed by atoms with E-state index in [-0.39, 0.29) is 22.2 Å². The lowest BCUT2D eigenvalue weighted by atomic mass is 10.2. The molecular weight excluding hydrogens is 471 g/mol. The number of hydrogen-bond acceptors (Lipinski definition) is 7. The van der Waals surface area contributed by atoms with Crippen LogP contribution in [0, 0.1) is 11.3 Å². The molecule has 3 aromatic rings. The summed E-state index contributed by atoms with van der Waals surface area (Å²) in [5.41, 5.74) is -0.960. The van der Waals surface area contributed by atoms with Crippen molar-refractivity contribution in [1.82, 2.24) is 24.8 Å². The van der Waals surface area contributed by atoms with Gasteiger partial charge in [-0.25, -0.2) is 15.0 Å². The fourth-order valence-electron chi connectivity index (χ4n) is 2.55. The van der Waals surface area contributed by atoms with Gasteiger partial charge >= 0.3 is 6.18 Å². The van der Waals surface area contributed by atoms with Crippen LogP contribution in [0.2, 0.25) is 5.02 Å². The minimum Gasteiger partial charge on any atom is -0.342 e. The number of pyridine rings is 1. The Hall–Kier alpha value is -3.50. The first kappa shape index (κ1) is 23.2. The number of thiazole rings is 1. The fraction of sp³-hybridized carbons (Fsp3) is 0.222. The Kier molecular flexibility index (Phi) is 6.47. The van der Waals surface area contributed by atoms with Crippen LogP contribution in [0.1, 0.15) is 49.5 Å². The number of carbonyl (C=O) groups is 2. The first-order valence-electron chi connectivity index (χ1n) is 8.73. The lowest BCUT2D eigenvalue weighted by Crippen LogP contribution is -2.28. The number of alkyl halides is 3. The van der Waals surface area contributed by atoms with Crippen LogP contribution in [0.4, 0.5) is 19.0 Å². The summed E-state index contributed by atoms with van der Waals surface area (Å²) >= 11 is 6.46. The monoisotopic (exact) mass is 483 g/mol. The summed E-state index contributed by atoms with van der Waals surface area (Å²) in [7, 11) is 1.52. The third-order valence-corrected chi connectivity index (χ3v) is 5.67. The normalized spacial score (nSPS) is 12.2. The largest absolute Gasteiger partial charge is 0.418 e. The molecule has 2 N–H and O–H groups in total. The number of aromatic nitrogens is 4. The van der Waals surface area contributed by atoms with Gasteiger partial charge in [-0.05, 0) is 13.0 Å². The van der Waals surface area contributed by atoms with E-state index in [1.165, 1.54) is 24.0 Å². The van der Waals surface area contributed by atoms with Crippen LogP contribution in [-0.2, 0) is 13.2 Å². The molecule has 1 unspecified atom stereocenters. The molecule has 0 spiro atoms. The quantitative estimate of drug-likeness (QED) is 0.571. The SMILES string of the molecule is CC(NC(=O)c1cnc(C#N)n1C)c1ncc(C(=O)Nc2cc(C(F)(F)F)c(Cl)cn2)s1. The van der Waals surface area contributed by atoms with Crippen molar-refractivity contribution < 1.29 is 22.8 Å². The number of nitriles is 1. The molecule has 14 heteroatoms. The van der Waals surface area contributed by atoms with Crippen LogP contribution in [-0.4, -0.2) is 31.3 Å². The molecule has 0 aliphatic heterocycles. The van der Waals surface area contributed by atoms with Gasteiger partial charge < -0.3 is 15.2 Å². The molecule has 3 aromatic heterocycles. The number of nitrogens with one attached hydrogen (secondary N) is 2. The standard InChI is InChI=1S/C18H13ClF3N7O2S/c1-8(27-15(30)11-6-25-14(4-23)29(11)2)17-26-7-12(32-17)16(31)28-13-3-9(18(20,21)22)10(19)5-24-13/h3,5-8H,1-2H3,(H,27,30)(H,24,28,31). The van der Waals surface area contributed by atoms with Gasteiger partial charge in [0.1, 0.15) is 27.5 Å². The van der Waals surface area contributed by atoms with Crippen molar-refractivity contribution in [2.75, 3.05) is 5.32 Å². The van der Waals surface area contributed by atoms with Gasteiger partial charge in [-0.2, -0.15) is 18.4 Å². The Morgan fingerprint density at radius 1 is 1.22 bits per heavy atom. The molecule has 166 valence electrons. The van der Waals surface area contributed by atoms with E-state index < -0.39 is 34.6 Å². The first-order valence-corrected chi connectivity index (χ1v) is 9.93. The molecular formula is C18H13ClF3N7O2S. The highest BCUT2D eigenvalue weighted by molar-refractivity contribution is 7.13. The maximum atomic E-state index is 13.0. The summed E-state index contributed by atoms with van der Waals surface area (Å²) in [6, 6.07) is 1.88. The molecule has 3 heterocycles. The molecule has 0 aromatic carbocycles. The second-order valence-electron chi connectivity index (χ2n) is 6.40. The van der Waals surface area contributed by atoms with Gasteiger partial charge in [0.05, 0.1) is 29.0 Å². The molecule has 0 aliphatic rings. The predicted molar refractivity (Wildman–Crippen MR) is 108 cm³/mol. The van der Waals surface area contributed by atoms with E-state index in [4.69, 9.17) is 16.9 Å². The third kappa shape index (κ3) is 4.87. The molecule has 3 rings (SSSR count). The smallest absolute Gasteiger partial charge is 0.342 e. The minimum atomic E-state index is -4.70. The zero-order valence-electron chi connectivity index (χ0n) is 16.4. The van der Waals surface area contributed by atoms with E-state index in [0.717, 1.165) is 17.5 Å². The lowest BCUT2D eigenvalue weighted by Gasteiger charge is -2.11. The molecule has 0 saturated heterocycles. The summed E-state index contributed by atoms with van der Waals surface area (Å²) in [5, 5.41) is 13.7. The molecule has 0 radical (unpaired) electrons. The Balaban J connectivity index is 1.70. The fourth-order valence-corrected chi connectivity index (χ4v) is 3.58. The van der Waals surface area contributed by atoms with Gasteiger partial charge in [-0.15, -0.1) is 11.3 Å². The van der Waals surface area contributed by atoms with Gasteiger partial charge in [0.25, 0.3) is 11.8 Å². The summed E-state index contributed by atoms with van der Waals surface area (Å²) in [6.45, 7) is 1.64. The van der Waals surface area contributed by atoms with Crippen molar-refractivity contribution in [2.45, 2.75) is 19.1 Å². The van der Waals surface area contributed by atoms with Crippen molar-refractivity contribution in [3.05, 3.63) is 56.6 Å². The predicted octanol–water partition coefficient (Wildman–Crippen LogP) is 3.56. The average molecular weight is 484 g/mol. The second-order valence-corrected chi connectivity index (χ2v) is 7.87. The van der Waals surface area contributed by atoms with E-state index in [1.54, 1.807) is 6.92 Å². The zero-order valence-corrected chi connectivity index (χ0v) is 17.9. The van der Waals surface area contributed by atoms with Crippen molar-refractivity contribution in [3.63, 3.8) is 0 Å². The number of hydrogen-bond donors (Lipinski definition) is 2. The average Bonchev–Trinajstić information content (AvgIpc) is 3.35. The molecule has 1 atom stereocenters. The molecule has 0 bridgehead atoms. The van der Waals surface area contributed by atoms with Gasteiger partial charge in [-0.1, -0.05) is 11.6 Å². The van der Waals surface area contributed by atoms with Crippen LogP contribution in [0.5, 0.6) is 0 Å². The first-order chi connectivity index (χ1) is 15.0. The number of carbonyl (C=O) groups excluding carboxylic acids is 2. The van der Waals surface area contributed by atoms with E-state index in [9.17, 15) is 22.8 Å². The van der Waals surface area contributed by atoms with Crippen molar-refractivity contribution in [3.8, 4) is 6.07 Å². The summed E-state index contributed by atoms with van der Waals surface area (Å²) in [4.78, 5) is 36.5. The Morgan fingerprint density at radius 3 is 2.56 bits per heavy atom. The second kappa shape index (κ2) is 8.93. The van der Waals surface area contributed by atoms with E-state index in [2.05, 4.69) is 25.6 Å². The van der Waals surface area contributed by atoms with E-state index >= 15 is 0 Å². The zero-order chi connectivity index (χ0) is 23.6. The van der Waals surface area contributed by atoms with Crippen molar-refractivity contribution in [1.29, 1.82) is 5.26 Å². The molecule has 32 heavy (non-hydrogen) atoms. The Morgan fingerprint density at radius 2 is 1.94 bits per heavy atom. The number of imidazole rings is 1. The van der Waals surface area contributed by atoms with E-state index in [1.807, 2.05) is 6.07 Å². The Labute approximate surface area is 187 Å². The van der Waals surface area contributed by atoms with Gasteiger partial charge in [0, 0.05) is 13.2 Å². The maximum absolute atomic E-state index is 13.0.